The molecule has 2 aromatic carbocycles. The molecule has 2 aromatic rings. The normalized spacial score (nSPS) is 23.0. The Morgan fingerprint density at radius 3 is 2.19 bits per heavy atom. The van der Waals surface area contributed by atoms with Crippen molar-refractivity contribution < 1.29 is 41.8 Å². The van der Waals surface area contributed by atoms with Crippen LogP contribution in [0.3, 0.4) is 0 Å². The van der Waals surface area contributed by atoms with Gasteiger partial charge in [0.25, 0.3) is 5.91 Å². The number of esters is 1. The van der Waals surface area contributed by atoms with E-state index in [0.29, 0.717) is 24.3 Å². The van der Waals surface area contributed by atoms with Crippen LogP contribution in [0.1, 0.15) is 39.0 Å². The topological polar surface area (TPSA) is 131 Å². The molecule has 2 saturated heterocycles. The second kappa shape index (κ2) is 11.1. The summed E-state index contributed by atoms with van der Waals surface area (Å²) in [7, 11) is -4.35. The third-order valence-electron chi connectivity index (χ3n) is 6.61. The smallest absolute Gasteiger partial charge is 0.307 e. The van der Waals surface area contributed by atoms with Gasteiger partial charge in [0.1, 0.15) is 22.9 Å². The molecular weight excluding hydrogens is 507 g/mol. The predicted octanol–water partition coefficient (Wildman–Crippen LogP) is 3.15. The SMILES string of the molecule is CCOC(=O)CCN([C@]1(C(=O)NO)C[C@H]2CC[C@@H](C1)O2)S(=O)(=O)c1ccc(Oc2ccc(F)cc2)cc1. The van der Waals surface area contributed by atoms with Gasteiger partial charge in [0.2, 0.25) is 10.0 Å². The molecule has 2 N–H and O–H groups in total. The number of nitrogens with zero attached hydrogens (tertiary/aromatic N) is 1. The van der Waals surface area contributed by atoms with Crippen molar-refractivity contribution in [3.63, 3.8) is 0 Å². The van der Waals surface area contributed by atoms with E-state index in [1.165, 1.54) is 48.5 Å². The second-order valence-corrected chi connectivity index (χ2v) is 10.9. The minimum Gasteiger partial charge on any atom is -0.466 e. The number of ether oxygens (including phenoxy) is 3. The molecule has 10 nitrogen and oxygen atoms in total. The molecule has 4 rings (SSSR count). The molecule has 0 unspecified atom stereocenters. The third-order valence-corrected chi connectivity index (χ3v) is 8.59. The number of amides is 1. The molecule has 12 heteroatoms. The summed E-state index contributed by atoms with van der Waals surface area (Å²) >= 11 is 0. The van der Waals surface area contributed by atoms with Gasteiger partial charge in [-0.05, 0) is 68.3 Å². The van der Waals surface area contributed by atoms with E-state index in [-0.39, 0.29) is 49.5 Å². The van der Waals surface area contributed by atoms with Crippen molar-refractivity contribution in [1.29, 1.82) is 0 Å². The van der Waals surface area contributed by atoms with Crippen LogP contribution < -0.4 is 10.2 Å². The van der Waals surface area contributed by atoms with Crippen molar-refractivity contribution in [3.05, 3.63) is 54.3 Å². The summed E-state index contributed by atoms with van der Waals surface area (Å²) in [4.78, 5) is 25.1. The number of hydrogen-bond acceptors (Lipinski definition) is 8. The van der Waals surface area contributed by atoms with Crippen molar-refractivity contribution in [2.75, 3.05) is 13.2 Å². The molecule has 0 spiro atoms. The highest BCUT2D eigenvalue weighted by Gasteiger charge is 2.56. The Bertz CT molecular complexity index is 1210. The summed E-state index contributed by atoms with van der Waals surface area (Å²) in [6.45, 7) is 1.43. The summed E-state index contributed by atoms with van der Waals surface area (Å²) < 4.78 is 58.5. The molecule has 37 heavy (non-hydrogen) atoms. The molecule has 200 valence electrons. The third kappa shape index (κ3) is 5.77. The number of fused-ring (bicyclic) bond motifs is 2. The van der Waals surface area contributed by atoms with Crippen LogP contribution in [0.15, 0.2) is 53.4 Å². The fraction of sp³-hybridized carbons (Fsp3) is 0.440. The number of halogens is 1. The van der Waals surface area contributed by atoms with E-state index in [1.807, 2.05) is 0 Å². The zero-order valence-electron chi connectivity index (χ0n) is 20.3. The maximum absolute atomic E-state index is 14.0. The summed E-state index contributed by atoms with van der Waals surface area (Å²) in [6.07, 6.45) is 0.382. The van der Waals surface area contributed by atoms with Gasteiger partial charge in [-0.2, -0.15) is 4.31 Å². The molecule has 2 aliphatic rings. The molecular formula is C25H29FN2O8S. The Kier molecular flexibility index (Phi) is 8.12. The van der Waals surface area contributed by atoms with Gasteiger partial charge in [0.15, 0.2) is 0 Å². The molecule has 0 aliphatic carbocycles. The van der Waals surface area contributed by atoms with E-state index in [2.05, 4.69) is 0 Å². The minimum absolute atomic E-state index is 0.0315. The van der Waals surface area contributed by atoms with Gasteiger partial charge < -0.3 is 14.2 Å². The van der Waals surface area contributed by atoms with Gasteiger partial charge in [-0.15, -0.1) is 0 Å². The first-order chi connectivity index (χ1) is 17.7. The minimum atomic E-state index is -4.35. The molecule has 2 heterocycles. The second-order valence-electron chi connectivity index (χ2n) is 9.00. The molecule has 0 radical (unpaired) electrons. The molecule has 2 fully saturated rings. The summed E-state index contributed by atoms with van der Waals surface area (Å²) in [5, 5.41) is 9.59. The first-order valence-corrected chi connectivity index (χ1v) is 13.4. The lowest BCUT2D eigenvalue weighted by atomic mass is 9.85. The number of carbonyl (C=O) groups excluding carboxylic acids is 2. The molecule has 2 aliphatic heterocycles. The van der Waals surface area contributed by atoms with Crippen molar-refractivity contribution in [2.45, 2.75) is 61.7 Å². The maximum Gasteiger partial charge on any atom is 0.307 e. The quantitative estimate of drug-likeness (QED) is 0.269. The lowest BCUT2D eigenvalue weighted by molar-refractivity contribution is -0.152. The van der Waals surface area contributed by atoms with Gasteiger partial charge >= 0.3 is 5.97 Å². The number of sulfonamides is 1. The fourth-order valence-electron chi connectivity index (χ4n) is 4.96. The number of hydrogen-bond donors (Lipinski definition) is 2. The van der Waals surface area contributed by atoms with E-state index >= 15 is 0 Å². The molecule has 0 aromatic heterocycles. The van der Waals surface area contributed by atoms with Crippen molar-refractivity contribution in [3.8, 4) is 11.5 Å². The Morgan fingerprint density at radius 1 is 1.08 bits per heavy atom. The molecule has 2 bridgehead atoms. The van der Waals surface area contributed by atoms with Crippen LogP contribution in [0.5, 0.6) is 11.5 Å². The van der Waals surface area contributed by atoms with Crippen LogP contribution in [0.25, 0.3) is 0 Å². The van der Waals surface area contributed by atoms with E-state index in [4.69, 9.17) is 14.2 Å². The molecule has 3 atom stereocenters. The lowest BCUT2D eigenvalue weighted by Gasteiger charge is -2.45. The zero-order chi connectivity index (χ0) is 26.6. The highest BCUT2D eigenvalue weighted by atomic mass is 32.2. The van der Waals surface area contributed by atoms with Crippen LogP contribution in [0.4, 0.5) is 4.39 Å². The average Bonchev–Trinajstić information content (AvgIpc) is 3.23. The Hall–Kier alpha value is -3.06. The van der Waals surface area contributed by atoms with E-state index in [1.54, 1.807) is 12.4 Å². The average molecular weight is 537 g/mol. The van der Waals surface area contributed by atoms with Crippen molar-refractivity contribution >= 4 is 21.9 Å². The summed E-state index contributed by atoms with van der Waals surface area (Å²) in [5.74, 6) is -1.23. The summed E-state index contributed by atoms with van der Waals surface area (Å²) in [5.41, 5.74) is -0.0211. The van der Waals surface area contributed by atoms with Gasteiger partial charge in [-0.25, -0.2) is 18.3 Å². The highest BCUT2D eigenvalue weighted by Crippen LogP contribution is 2.44. The maximum atomic E-state index is 14.0. The largest absolute Gasteiger partial charge is 0.466 e. The first-order valence-electron chi connectivity index (χ1n) is 12.0. The van der Waals surface area contributed by atoms with E-state index < -0.39 is 33.3 Å². The van der Waals surface area contributed by atoms with Crippen LogP contribution >= 0.6 is 0 Å². The number of rotatable bonds is 10. The van der Waals surface area contributed by atoms with E-state index in [9.17, 15) is 27.6 Å². The van der Waals surface area contributed by atoms with Crippen LogP contribution in [0, 0.1) is 5.82 Å². The number of hydroxylamine groups is 1. The van der Waals surface area contributed by atoms with Gasteiger partial charge in [-0.1, -0.05) is 0 Å². The number of nitrogens with one attached hydrogen (secondary N) is 1. The first kappa shape index (κ1) is 27.0. The number of benzene rings is 2. The fourth-order valence-corrected chi connectivity index (χ4v) is 6.72. The standard InChI is InChI=1S/C25H29FN2O8S/c1-2-34-23(29)13-14-28(25(24(30)27-31)15-20-7-8-21(16-25)36-20)37(32,33)22-11-9-19(10-12-22)35-18-5-3-17(26)4-6-18/h3-6,9-12,20-21,31H,2,7-8,13-16H2,1H3,(H,27,30)/t20-,21+,25-. The summed E-state index contributed by atoms with van der Waals surface area (Å²) in [6, 6.07) is 10.9. The predicted molar refractivity (Wildman–Crippen MR) is 128 cm³/mol. The van der Waals surface area contributed by atoms with Gasteiger partial charge in [0.05, 0.1) is 30.1 Å². The lowest BCUT2D eigenvalue weighted by Crippen LogP contribution is -2.64. The molecule has 1 amide bonds. The van der Waals surface area contributed by atoms with Gasteiger partial charge in [-0.3, -0.25) is 14.8 Å². The van der Waals surface area contributed by atoms with Crippen LogP contribution in [-0.4, -0.2) is 60.7 Å². The monoisotopic (exact) mass is 536 g/mol. The van der Waals surface area contributed by atoms with Crippen LogP contribution in [-0.2, 0) is 29.1 Å². The number of carbonyl (C=O) groups is 2. The zero-order valence-corrected chi connectivity index (χ0v) is 21.1. The Balaban J connectivity index is 1.67. The Labute approximate surface area is 214 Å². The van der Waals surface area contributed by atoms with Gasteiger partial charge in [0, 0.05) is 19.4 Å². The van der Waals surface area contributed by atoms with Crippen molar-refractivity contribution in [2.24, 2.45) is 0 Å². The van der Waals surface area contributed by atoms with Crippen LogP contribution in [0.2, 0.25) is 0 Å². The highest BCUT2D eigenvalue weighted by molar-refractivity contribution is 7.89. The molecule has 0 saturated carbocycles. The Morgan fingerprint density at radius 2 is 1.65 bits per heavy atom. The van der Waals surface area contributed by atoms with E-state index in [0.717, 1.165) is 4.31 Å². The van der Waals surface area contributed by atoms with Crippen molar-refractivity contribution in [1.82, 2.24) is 9.79 Å².